The lowest BCUT2D eigenvalue weighted by molar-refractivity contribution is -0.116. The predicted molar refractivity (Wildman–Crippen MR) is 78.9 cm³/mol. The van der Waals surface area contributed by atoms with E-state index in [0.29, 0.717) is 24.2 Å². The maximum Gasteiger partial charge on any atom is 0.224 e. The third kappa shape index (κ3) is 3.57. The predicted octanol–water partition coefficient (Wildman–Crippen LogP) is 3.29. The monoisotopic (exact) mass is 272 g/mol. The summed E-state index contributed by atoms with van der Waals surface area (Å²) < 4.78 is 13.1. The first-order chi connectivity index (χ1) is 9.56. The molecule has 2 rings (SSSR count). The molecular formula is C16H17FN2O. The SMILES string of the molecule is Cc1ccccc1CCC(=O)Nc1cc(F)ccc1N. The summed E-state index contributed by atoms with van der Waals surface area (Å²) in [5.41, 5.74) is 8.66. The van der Waals surface area contributed by atoms with Gasteiger partial charge in [-0.1, -0.05) is 24.3 Å². The number of benzene rings is 2. The molecular weight excluding hydrogens is 255 g/mol. The van der Waals surface area contributed by atoms with Gasteiger partial charge in [0.05, 0.1) is 11.4 Å². The Morgan fingerprint density at radius 1 is 1.25 bits per heavy atom. The van der Waals surface area contributed by atoms with Crippen molar-refractivity contribution in [1.29, 1.82) is 0 Å². The number of halogens is 1. The topological polar surface area (TPSA) is 55.1 Å². The normalized spacial score (nSPS) is 10.3. The van der Waals surface area contributed by atoms with E-state index >= 15 is 0 Å². The molecule has 104 valence electrons. The lowest BCUT2D eigenvalue weighted by Crippen LogP contribution is -2.14. The molecule has 3 N–H and O–H groups in total. The molecule has 0 aliphatic carbocycles. The maximum atomic E-state index is 13.1. The van der Waals surface area contributed by atoms with Crippen molar-refractivity contribution in [3.05, 3.63) is 59.4 Å². The number of rotatable bonds is 4. The van der Waals surface area contributed by atoms with Gasteiger partial charge < -0.3 is 11.1 Å². The van der Waals surface area contributed by atoms with Crippen molar-refractivity contribution < 1.29 is 9.18 Å². The van der Waals surface area contributed by atoms with Crippen LogP contribution in [0.1, 0.15) is 17.5 Å². The highest BCUT2D eigenvalue weighted by Crippen LogP contribution is 2.19. The number of carbonyl (C=O) groups excluding carboxylic acids is 1. The Morgan fingerprint density at radius 3 is 2.75 bits per heavy atom. The van der Waals surface area contributed by atoms with E-state index in [2.05, 4.69) is 5.32 Å². The van der Waals surface area contributed by atoms with Crippen LogP contribution in [0.3, 0.4) is 0 Å². The molecule has 20 heavy (non-hydrogen) atoms. The molecule has 0 saturated heterocycles. The average Bonchev–Trinajstić information content (AvgIpc) is 2.42. The van der Waals surface area contributed by atoms with Gasteiger partial charge in [0.15, 0.2) is 0 Å². The summed E-state index contributed by atoms with van der Waals surface area (Å²) in [6, 6.07) is 11.8. The van der Waals surface area contributed by atoms with Crippen LogP contribution in [0.25, 0.3) is 0 Å². The first-order valence-corrected chi connectivity index (χ1v) is 6.45. The number of hydrogen-bond acceptors (Lipinski definition) is 2. The van der Waals surface area contributed by atoms with Gasteiger partial charge in [0, 0.05) is 6.42 Å². The molecule has 0 aromatic heterocycles. The molecule has 4 heteroatoms. The molecule has 2 aromatic carbocycles. The fourth-order valence-electron chi connectivity index (χ4n) is 1.99. The van der Waals surface area contributed by atoms with Crippen LogP contribution < -0.4 is 11.1 Å². The zero-order valence-corrected chi connectivity index (χ0v) is 11.3. The number of anilines is 2. The van der Waals surface area contributed by atoms with Crippen LogP contribution in [0, 0.1) is 12.7 Å². The smallest absolute Gasteiger partial charge is 0.224 e. The first kappa shape index (κ1) is 14.1. The standard InChI is InChI=1S/C16H17FN2O/c1-11-4-2-3-5-12(11)6-9-16(20)19-15-10-13(17)7-8-14(15)18/h2-5,7-8,10H,6,9,18H2,1H3,(H,19,20). The van der Waals surface area contributed by atoms with Gasteiger partial charge >= 0.3 is 0 Å². The highest BCUT2D eigenvalue weighted by molar-refractivity contribution is 5.93. The van der Waals surface area contributed by atoms with E-state index in [9.17, 15) is 9.18 Å². The Labute approximate surface area is 117 Å². The van der Waals surface area contributed by atoms with E-state index in [1.807, 2.05) is 31.2 Å². The van der Waals surface area contributed by atoms with Crippen molar-refractivity contribution in [2.45, 2.75) is 19.8 Å². The summed E-state index contributed by atoms with van der Waals surface area (Å²) >= 11 is 0. The highest BCUT2D eigenvalue weighted by Gasteiger charge is 2.07. The molecule has 0 bridgehead atoms. The first-order valence-electron chi connectivity index (χ1n) is 6.45. The molecule has 2 aromatic rings. The van der Waals surface area contributed by atoms with Crippen LogP contribution in [-0.2, 0) is 11.2 Å². The van der Waals surface area contributed by atoms with Crippen molar-refractivity contribution in [1.82, 2.24) is 0 Å². The zero-order chi connectivity index (χ0) is 14.5. The second kappa shape index (κ2) is 6.19. The summed E-state index contributed by atoms with van der Waals surface area (Å²) in [6.45, 7) is 2.01. The highest BCUT2D eigenvalue weighted by atomic mass is 19.1. The van der Waals surface area contributed by atoms with Gasteiger partial charge in [0.2, 0.25) is 5.91 Å². The lowest BCUT2D eigenvalue weighted by atomic mass is 10.0. The molecule has 0 spiro atoms. The van der Waals surface area contributed by atoms with Crippen molar-refractivity contribution >= 4 is 17.3 Å². The average molecular weight is 272 g/mol. The molecule has 3 nitrogen and oxygen atoms in total. The van der Waals surface area contributed by atoms with Crippen molar-refractivity contribution in [2.75, 3.05) is 11.1 Å². The fourth-order valence-corrected chi connectivity index (χ4v) is 1.99. The summed E-state index contributed by atoms with van der Waals surface area (Å²) in [6.07, 6.45) is 0.981. The number of hydrogen-bond donors (Lipinski definition) is 2. The maximum absolute atomic E-state index is 13.1. The van der Waals surface area contributed by atoms with Crippen molar-refractivity contribution in [2.24, 2.45) is 0 Å². The van der Waals surface area contributed by atoms with E-state index in [1.54, 1.807) is 0 Å². The summed E-state index contributed by atoms with van der Waals surface area (Å²) in [5.74, 6) is -0.598. The minimum Gasteiger partial charge on any atom is -0.397 e. The van der Waals surface area contributed by atoms with Crippen LogP contribution in [0.4, 0.5) is 15.8 Å². The quantitative estimate of drug-likeness (QED) is 0.839. The van der Waals surface area contributed by atoms with Crippen LogP contribution in [0.5, 0.6) is 0 Å². The molecule has 0 atom stereocenters. The van der Waals surface area contributed by atoms with E-state index in [4.69, 9.17) is 5.73 Å². The van der Waals surface area contributed by atoms with Gasteiger partial charge in [0.25, 0.3) is 0 Å². The minimum atomic E-state index is -0.423. The van der Waals surface area contributed by atoms with Gasteiger partial charge in [0.1, 0.15) is 5.82 Å². The Kier molecular flexibility index (Phi) is 4.35. The Bertz CT molecular complexity index is 626. The molecule has 1 amide bonds. The van der Waals surface area contributed by atoms with E-state index in [1.165, 1.54) is 18.2 Å². The van der Waals surface area contributed by atoms with Crippen LogP contribution in [-0.4, -0.2) is 5.91 Å². The van der Waals surface area contributed by atoms with Gasteiger partial charge in [-0.05, 0) is 42.7 Å². The zero-order valence-electron chi connectivity index (χ0n) is 11.3. The molecule has 0 saturated carbocycles. The van der Waals surface area contributed by atoms with Crippen LogP contribution in [0.15, 0.2) is 42.5 Å². The number of nitrogens with one attached hydrogen (secondary N) is 1. The summed E-state index contributed by atoms with van der Waals surface area (Å²) in [7, 11) is 0. The Hall–Kier alpha value is -2.36. The van der Waals surface area contributed by atoms with Gasteiger partial charge in [-0.2, -0.15) is 0 Å². The van der Waals surface area contributed by atoms with Crippen molar-refractivity contribution in [3.8, 4) is 0 Å². The van der Waals surface area contributed by atoms with E-state index in [0.717, 1.165) is 11.1 Å². The van der Waals surface area contributed by atoms with Gasteiger partial charge in [-0.15, -0.1) is 0 Å². The Balaban J connectivity index is 1.96. The van der Waals surface area contributed by atoms with Gasteiger partial charge in [-0.25, -0.2) is 4.39 Å². The van der Waals surface area contributed by atoms with E-state index in [-0.39, 0.29) is 5.91 Å². The van der Waals surface area contributed by atoms with Crippen LogP contribution in [0.2, 0.25) is 0 Å². The lowest BCUT2D eigenvalue weighted by Gasteiger charge is -2.09. The number of carbonyl (C=O) groups is 1. The molecule has 0 aliphatic heterocycles. The largest absolute Gasteiger partial charge is 0.397 e. The summed E-state index contributed by atoms with van der Waals surface area (Å²) in [4.78, 5) is 11.9. The third-order valence-electron chi connectivity index (χ3n) is 3.17. The second-order valence-electron chi connectivity index (χ2n) is 4.71. The minimum absolute atomic E-state index is 0.175. The van der Waals surface area contributed by atoms with Crippen LogP contribution >= 0.6 is 0 Å². The number of nitrogen functional groups attached to an aromatic ring is 1. The fraction of sp³-hybridized carbons (Fsp3) is 0.188. The molecule has 0 unspecified atom stereocenters. The number of aryl methyl sites for hydroxylation is 2. The molecule has 0 radical (unpaired) electrons. The van der Waals surface area contributed by atoms with E-state index < -0.39 is 5.82 Å². The Morgan fingerprint density at radius 2 is 2.00 bits per heavy atom. The number of amides is 1. The summed E-state index contributed by atoms with van der Waals surface area (Å²) in [5, 5.41) is 2.64. The molecule has 0 fully saturated rings. The van der Waals surface area contributed by atoms with Gasteiger partial charge in [-0.3, -0.25) is 4.79 Å². The second-order valence-corrected chi connectivity index (χ2v) is 4.71. The van der Waals surface area contributed by atoms with Crippen molar-refractivity contribution in [3.63, 3.8) is 0 Å². The molecule has 0 aliphatic rings. The number of nitrogens with two attached hydrogens (primary N) is 1. The molecule has 0 heterocycles. The third-order valence-corrected chi connectivity index (χ3v) is 3.17.